The van der Waals surface area contributed by atoms with Crippen molar-refractivity contribution < 1.29 is 18.0 Å². The number of carbonyl (C=O) groups excluding carboxylic acids is 2. The highest BCUT2D eigenvalue weighted by atomic mass is 35.5. The highest BCUT2D eigenvalue weighted by molar-refractivity contribution is 7.92. The summed E-state index contributed by atoms with van der Waals surface area (Å²) in [6.45, 7) is 9.15. The van der Waals surface area contributed by atoms with E-state index in [2.05, 4.69) is 5.32 Å². The van der Waals surface area contributed by atoms with Crippen molar-refractivity contribution in [3.8, 4) is 0 Å². The Hall–Kier alpha value is -3.36. The van der Waals surface area contributed by atoms with Gasteiger partial charge in [0.05, 0.1) is 10.6 Å². The average molecular weight is 584 g/mol. The minimum Gasteiger partial charge on any atom is -0.352 e. The summed E-state index contributed by atoms with van der Waals surface area (Å²) < 4.78 is 28.8. The van der Waals surface area contributed by atoms with Gasteiger partial charge in [-0.25, -0.2) is 8.42 Å². The number of rotatable bonds is 12. The van der Waals surface area contributed by atoms with Gasteiger partial charge >= 0.3 is 0 Å². The lowest BCUT2D eigenvalue weighted by atomic mass is 10.1. The van der Waals surface area contributed by atoms with Gasteiger partial charge in [0.2, 0.25) is 11.8 Å². The lowest BCUT2D eigenvalue weighted by molar-refractivity contribution is -0.140. The Kier molecular flexibility index (Phi) is 10.8. The van der Waals surface area contributed by atoms with E-state index in [0.717, 1.165) is 27.4 Å². The molecule has 0 aliphatic carbocycles. The molecule has 0 heterocycles. The maximum absolute atomic E-state index is 14.1. The highest BCUT2D eigenvalue weighted by Crippen LogP contribution is 2.28. The van der Waals surface area contributed by atoms with Gasteiger partial charge in [-0.1, -0.05) is 79.5 Å². The number of sulfonamides is 1. The zero-order valence-corrected chi connectivity index (χ0v) is 25.3. The fourth-order valence-electron chi connectivity index (χ4n) is 4.35. The number of benzene rings is 3. The number of anilines is 1. The fourth-order valence-corrected chi connectivity index (χ4v) is 5.95. The van der Waals surface area contributed by atoms with Gasteiger partial charge in [0, 0.05) is 17.6 Å². The number of hydrogen-bond donors (Lipinski definition) is 1. The van der Waals surface area contributed by atoms with Crippen LogP contribution in [0.3, 0.4) is 0 Å². The zero-order chi connectivity index (χ0) is 29.4. The molecule has 9 heteroatoms. The van der Waals surface area contributed by atoms with Crippen molar-refractivity contribution in [2.45, 2.75) is 71.0 Å². The second kappa shape index (κ2) is 13.8. The number of hydrogen-bond acceptors (Lipinski definition) is 4. The largest absolute Gasteiger partial charge is 0.352 e. The summed E-state index contributed by atoms with van der Waals surface area (Å²) in [5.41, 5.74) is 2.91. The maximum atomic E-state index is 14.1. The van der Waals surface area contributed by atoms with Crippen LogP contribution in [0.4, 0.5) is 5.69 Å². The van der Waals surface area contributed by atoms with E-state index in [1.807, 2.05) is 58.9 Å². The number of carbonyl (C=O) groups is 2. The summed E-state index contributed by atoms with van der Waals surface area (Å²) >= 11 is 6.38. The Bertz CT molecular complexity index is 1430. The molecule has 0 aliphatic rings. The molecule has 214 valence electrons. The van der Waals surface area contributed by atoms with Crippen LogP contribution in [0.1, 0.15) is 50.3 Å². The van der Waals surface area contributed by atoms with E-state index in [4.69, 9.17) is 11.6 Å². The van der Waals surface area contributed by atoms with E-state index in [1.165, 1.54) is 17.0 Å². The summed E-state index contributed by atoms with van der Waals surface area (Å²) in [6.07, 6.45) is 1.10. The second-order valence-electron chi connectivity index (χ2n) is 10.0. The molecule has 0 saturated heterocycles. The zero-order valence-electron chi connectivity index (χ0n) is 23.7. The van der Waals surface area contributed by atoms with Crippen molar-refractivity contribution in [1.29, 1.82) is 0 Å². The molecule has 1 N–H and O–H groups in total. The van der Waals surface area contributed by atoms with E-state index >= 15 is 0 Å². The topological polar surface area (TPSA) is 86.8 Å². The molecule has 0 aliphatic heterocycles. The smallest absolute Gasteiger partial charge is 0.264 e. The van der Waals surface area contributed by atoms with Gasteiger partial charge in [-0.3, -0.25) is 13.9 Å². The van der Waals surface area contributed by atoms with E-state index in [1.54, 1.807) is 36.4 Å². The third-order valence-corrected chi connectivity index (χ3v) is 9.07. The normalized spacial score (nSPS) is 12.8. The summed E-state index contributed by atoms with van der Waals surface area (Å²) in [6, 6.07) is 19.7. The van der Waals surface area contributed by atoms with Gasteiger partial charge in [0.1, 0.15) is 12.6 Å². The number of nitrogens with zero attached hydrogens (tertiary/aromatic N) is 2. The van der Waals surface area contributed by atoms with Gasteiger partial charge in [0.15, 0.2) is 0 Å². The van der Waals surface area contributed by atoms with E-state index in [9.17, 15) is 18.0 Å². The van der Waals surface area contributed by atoms with Crippen molar-refractivity contribution in [2.75, 3.05) is 10.8 Å². The first-order valence-corrected chi connectivity index (χ1v) is 15.3. The first-order chi connectivity index (χ1) is 19.0. The predicted octanol–water partition coefficient (Wildman–Crippen LogP) is 5.87. The monoisotopic (exact) mass is 583 g/mol. The summed E-state index contributed by atoms with van der Waals surface area (Å²) in [7, 11) is -4.14. The fraction of sp³-hybridized carbons (Fsp3) is 0.355. The molecule has 2 atom stereocenters. The van der Waals surface area contributed by atoms with Gasteiger partial charge in [0.25, 0.3) is 10.0 Å². The van der Waals surface area contributed by atoms with Crippen LogP contribution < -0.4 is 9.62 Å². The van der Waals surface area contributed by atoms with Crippen LogP contribution in [0.25, 0.3) is 0 Å². The number of amides is 2. The molecule has 2 unspecified atom stereocenters. The van der Waals surface area contributed by atoms with Crippen LogP contribution >= 0.6 is 11.6 Å². The van der Waals surface area contributed by atoms with Crippen LogP contribution in [0.15, 0.2) is 77.7 Å². The maximum Gasteiger partial charge on any atom is 0.264 e. The molecule has 7 nitrogen and oxygen atoms in total. The van der Waals surface area contributed by atoms with Crippen LogP contribution in [0.5, 0.6) is 0 Å². The average Bonchev–Trinajstić information content (AvgIpc) is 2.93. The Morgan fingerprint density at radius 2 is 1.62 bits per heavy atom. The molecule has 40 heavy (non-hydrogen) atoms. The van der Waals surface area contributed by atoms with Crippen molar-refractivity contribution in [3.05, 3.63) is 94.5 Å². The lowest BCUT2D eigenvalue weighted by Crippen LogP contribution is -2.53. The van der Waals surface area contributed by atoms with Gasteiger partial charge in [-0.05, 0) is 69.0 Å². The van der Waals surface area contributed by atoms with Gasteiger partial charge < -0.3 is 10.2 Å². The molecule has 0 radical (unpaired) electrons. The molecule has 2 amide bonds. The molecule has 3 aromatic rings. The molecular weight excluding hydrogens is 546 g/mol. The molecule has 0 aromatic heterocycles. The first kappa shape index (κ1) is 31.2. The third kappa shape index (κ3) is 7.64. The molecule has 3 aromatic carbocycles. The highest BCUT2D eigenvalue weighted by Gasteiger charge is 2.34. The Balaban J connectivity index is 2.07. The van der Waals surface area contributed by atoms with E-state index in [0.29, 0.717) is 11.4 Å². The van der Waals surface area contributed by atoms with Crippen LogP contribution in [-0.2, 0) is 26.2 Å². The summed E-state index contributed by atoms with van der Waals surface area (Å²) in [5, 5.41) is 3.37. The van der Waals surface area contributed by atoms with E-state index < -0.39 is 28.5 Å². The number of halogens is 1. The molecule has 0 bridgehead atoms. The van der Waals surface area contributed by atoms with Gasteiger partial charge in [-0.15, -0.1) is 0 Å². The van der Waals surface area contributed by atoms with Crippen molar-refractivity contribution in [2.24, 2.45) is 0 Å². The number of aryl methyl sites for hydroxylation is 2. The Morgan fingerprint density at radius 1 is 0.925 bits per heavy atom. The summed E-state index contributed by atoms with van der Waals surface area (Å²) in [5.74, 6) is -0.766. The lowest BCUT2D eigenvalue weighted by Gasteiger charge is -2.34. The SMILES string of the molecule is CCC(C)NC(=O)C(CC)N(Cc1cccc(C)c1)C(=O)CN(c1ccc(C)c(Cl)c1)S(=O)(=O)c1ccccc1. The van der Waals surface area contributed by atoms with Crippen LogP contribution in [0.2, 0.25) is 5.02 Å². The Morgan fingerprint density at radius 3 is 2.23 bits per heavy atom. The van der Waals surface area contributed by atoms with Crippen molar-refractivity contribution >= 4 is 39.1 Å². The van der Waals surface area contributed by atoms with Gasteiger partial charge in [-0.2, -0.15) is 0 Å². The molecular formula is C31H38ClN3O4S. The van der Waals surface area contributed by atoms with Crippen molar-refractivity contribution in [1.82, 2.24) is 10.2 Å². The minimum absolute atomic E-state index is 0.0475. The van der Waals surface area contributed by atoms with Crippen LogP contribution in [-0.4, -0.2) is 43.8 Å². The van der Waals surface area contributed by atoms with Crippen molar-refractivity contribution in [3.63, 3.8) is 0 Å². The predicted molar refractivity (Wildman–Crippen MR) is 161 cm³/mol. The second-order valence-corrected chi connectivity index (χ2v) is 12.3. The Labute approximate surface area is 243 Å². The van der Waals surface area contributed by atoms with E-state index in [-0.39, 0.29) is 29.1 Å². The molecule has 0 fully saturated rings. The number of nitrogens with one attached hydrogen (secondary N) is 1. The van der Waals surface area contributed by atoms with Crippen LogP contribution in [0, 0.1) is 13.8 Å². The first-order valence-electron chi connectivity index (χ1n) is 13.5. The minimum atomic E-state index is -4.14. The standard InChI is InChI=1S/C31H38ClN3O4S/c1-6-24(5)33-31(37)29(7-2)34(20-25-13-11-12-22(3)18-25)30(36)21-35(26-17-16-23(4)28(32)19-26)40(38,39)27-14-9-8-10-15-27/h8-19,24,29H,6-7,20-21H2,1-5H3,(H,33,37). The molecule has 0 saturated carbocycles. The molecule has 3 rings (SSSR count). The third-order valence-electron chi connectivity index (χ3n) is 6.88. The quantitative estimate of drug-likeness (QED) is 0.289. The summed E-state index contributed by atoms with van der Waals surface area (Å²) in [4.78, 5) is 29.0. The molecule has 0 spiro atoms.